The van der Waals surface area contributed by atoms with Crippen molar-refractivity contribution in [1.29, 1.82) is 0 Å². The third-order valence-electron chi connectivity index (χ3n) is 2.92. The van der Waals surface area contributed by atoms with Crippen LogP contribution in [0.3, 0.4) is 0 Å². The lowest BCUT2D eigenvalue weighted by atomic mass is 10.2. The number of carbonyl (C=O) groups is 1. The van der Waals surface area contributed by atoms with Crippen molar-refractivity contribution < 1.29 is 17.6 Å². The first kappa shape index (κ1) is 16.1. The number of carbonyl (C=O) groups excluding carboxylic acids is 1. The van der Waals surface area contributed by atoms with Gasteiger partial charge in [-0.05, 0) is 42.8 Å². The molecule has 2 rings (SSSR count). The van der Waals surface area contributed by atoms with Gasteiger partial charge in [0, 0.05) is 24.2 Å². The monoisotopic (exact) mass is 322 g/mol. The molecule has 1 heterocycles. The van der Waals surface area contributed by atoms with Crippen molar-refractivity contribution >= 4 is 21.6 Å². The fourth-order valence-electron chi connectivity index (χ4n) is 1.93. The second kappa shape index (κ2) is 7.13. The molecule has 0 atom stereocenters. The van der Waals surface area contributed by atoms with Gasteiger partial charge in [0.2, 0.25) is 10.0 Å². The lowest BCUT2D eigenvalue weighted by molar-refractivity contribution is 0.0953. The quantitative estimate of drug-likeness (QED) is 0.763. The lowest BCUT2D eigenvalue weighted by Crippen LogP contribution is -2.24. The second-order valence-corrected chi connectivity index (χ2v) is 6.64. The largest absolute Gasteiger partial charge is 0.469 e. The first-order valence-electron chi connectivity index (χ1n) is 6.82. The summed E-state index contributed by atoms with van der Waals surface area (Å²) in [5.41, 5.74) is 0.911. The standard InChI is InChI=1S/C15H18N2O4S/c1-22(19,20)17-13-8-6-12(7-9-13)15(18)16-10-2-4-14-5-3-11-21-14/h3,5-9,11,17H,2,4,10H2,1H3,(H,16,18). The van der Waals surface area contributed by atoms with Crippen molar-refractivity contribution in [3.63, 3.8) is 0 Å². The fraction of sp³-hybridized carbons (Fsp3) is 0.267. The summed E-state index contributed by atoms with van der Waals surface area (Å²) in [6.45, 7) is 0.545. The average molecular weight is 322 g/mol. The molecule has 2 N–H and O–H groups in total. The number of nitrogens with one attached hydrogen (secondary N) is 2. The van der Waals surface area contributed by atoms with Gasteiger partial charge in [-0.2, -0.15) is 0 Å². The highest BCUT2D eigenvalue weighted by Crippen LogP contribution is 2.11. The van der Waals surface area contributed by atoms with Gasteiger partial charge in [-0.3, -0.25) is 9.52 Å². The van der Waals surface area contributed by atoms with Crippen molar-refractivity contribution in [3.8, 4) is 0 Å². The zero-order valence-electron chi connectivity index (χ0n) is 12.2. The van der Waals surface area contributed by atoms with Crippen LogP contribution in [0.15, 0.2) is 47.1 Å². The van der Waals surface area contributed by atoms with E-state index in [1.54, 1.807) is 30.5 Å². The first-order chi connectivity index (χ1) is 10.4. The minimum atomic E-state index is -3.31. The number of hydrogen-bond donors (Lipinski definition) is 2. The smallest absolute Gasteiger partial charge is 0.251 e. The van der Waals surface area contributed by atoms with Crippen LogP contribution in [-0.4, -0.2) is 27.1 Å². The summed E-state index contributed by atoms with van der Waals surface area (Å²) in [6, 6.07) is 10.00. The van der Waals surface area contributed by atoms with Crippen LogP contribution in [0.2, 0.25) is 0 Å². The van der Waals surface area contributed by atoms with Crippen LogP contribution in [0, 0.1) is 0 Å². The number of benzene rings is 1. The van der Waals surface area contributed by atoms with Crippen LogP contribution in [0.5, 0.6) is 0 Å². The number of aryl methyl sites for hydroxylation is 1. The highest BCUT2D eigenvalue weighted by Gasteiger charge is 2.06. The third-order valence-corrected chi connectivity index (χ3v) is 3.52. The van der Waals surface area contributed by atoms with E-state index in [9.17, 15) is 13.2 Å². The highest BCUT2D eigenvalue weighted by molar-refractivity contribution is 7.92. The Morgan fingerprint density at radius 2 is 1.91 bits per heavy atom. The summed E-state index contributed by atoms with van der Waals surface area (Å²) in [5, 5.41) is 2.81. The van der Waals surface area contributed by atoms with Gasteiger partial charge in [0.15, 0.2) is 0 Å². The van der Waals surface area contributed by atoms with Crippen molar-refractivity contribution in [1.82, 2.24) is 5.32 Å². The summed E-state index contributed by atoms with van der Waals surface area (Å²) in [4.78, 5) is 11.9. The molecule has 0 saturated heterocycles. The molecule has 22 heavy (non-hydrogen) atoms. The van der Waals surface area contributed by atoms with E-state index >= 15 is 0 Å². The molecule has 118 valence electrons. The van der Waals surface area contributed by atoms with Gasteiger partial charge in [0.1, 0.15) is 5.76 Å². The van der Waals surface area contributed by atoms with Gasteiger partial charge in [0.05, 0.1) is 12.5 Å². The Hall–Kier alpha value is -2.28. The van der Waals surface area contributed by atoms with E-state index in [0.717, 1.165) is 24.9 Å². The maximum Gasteiger partial charge on any atom is 0.251 e. The minimum Gasteiger partial charge on any atom is -0.469 e. The fourth-order valence-corrected chi connectivity index (χ4v) is 2.49. The Bertz CT molecular complexity index is 707. The van der Waals surface area contributed by atoms with Crippen molar-refractivity contribution in [2.24, 2.45) is 0 Å². The van der Waals surface area contributed by atoms with E-state index in [2.05, 4.69) is 10.0 Å². The normalized spacial score (nSPS) is 11.1. The minimum absolute atomic E-state index is 0.189. The number of hydrogen-bond acceptors (Lipinski definition) is 4. The number of rotatable bonds is 7. The van der Waals surface area contributed by atoms with Gasteiger partial charge in [-0.1, -0.05) is 0 Å². The van der Waals surface area contributed by atoms with Crippen molar-refractivity contribution in [2.45, 2.75) is 12.8 Å². The Morgan fingerprint density at radius 3 is 2.50 bits per heavy atom. The maximum absolute atomic E-state index is 11.9. The van der Waals surface area contributed by atoms with Crippen molar-refractivity contribution in [2.75, 3.05) is 17.5 Å². The van der Waals surface area contributed by atoms with Crippen LogP contribution in [0.1, 0.15) is 22.5 Å². The zero-order chi connectivity index (χ0) is 16.0. The Balaban J connectivity index is 1.79. The summed E-state index contributed by atoms with van der Waals surface area (Å²) >= 11 is 0. The number of sulfonamides is 1. The summed E-state index contributed by atoms with van der Waals surface area (Å²) in [7, 11) is -3.31. The first-order valence-corrected chi connectivity index (χ1v) is 8.71. The van der Waals surface area contributed by atoms with E-state index in [-0.39, 0.29) is 5.91 Å². The molecule has 0 saturated carbocycles. The lowest BCUT2D eigenvalue weighted by Gasteiger charge is -2.07. The molecule has 1 aromatic carbocycles. The molecule has 0 radical (unpaired) electrons. The van der Waals surface area contributed by atoms with Crippen LogP contribution < -0.4 is 10.0 Å². The van der Waals surface area contributed by atoms with Crippen LogP contribution in [0.4, 0.5) is 5.69 Å². The predicted octanol–water partition coefficient (Wildman–Crippen LogP) is 2.01. The molecule has 0 aliphatic carbocycles. The van der Waals surface area contributed by atoms with Gasteiger partial charge in [-0.15, -0.1) is 0 Å². The van der Waals surface area contributed by atoms with E-state index in [4.69, 9.17) is 4.42 Å². The molecule has 1 amide bonds. The summed E-state index contributed by atoms with van der Waals surface area (Å²) in [5.74, 6) is 0.704. The Labute approximate surface area is 129 Å². The van der Waals surface area contributed by atoms with E-state index in [1.807, 2.05) is 12.1 Å². The SMILES string of the molecule is CS(=O)(=O)Nc1ccc(C(=O)NCCCc2ccco2)cc1. The van der Waals surface area contributed by atoms with Crippen LogP contribution in [-0.2, 0) is 16.4 Å². The molecule has 0 fully saturated rings. The number of furan rings is 1. The molecule has 7 heteroatoms. The molecule has 0 bridgehead atoms. The van der Waals surface area contributed by atoms with Gasteiger partial charge < -0.3 is 9.73 Å². The van der Waals surface area contributed by atoms with Gasteiger partial charge >= 0.3 is 0 Å². The molecule has 6 nitrogen and oxygen atoms in total. The molecular weight excluding hydrogens is 304 g/mol. The number of anilines is 1. The molecule has 0 unspecified atom stereocenters. The third kappa shape index (κ3) is 5.25. The molecular formula is C15H18N2O4S. The molecule has 0 aliphatic heterocycles. The van der Waals surface area contributed by atoms with E-state index in [0.29, 0.717) is 17.8 Å². The van der Waals surface area contributed by atoms with Crippen LogP contribution in [0.25, 0.3) is 0 Å². The average Bonchev–Trinajstić information content (AvgIpc) is 2.95. The van der Waals surface area contributed by atoms with Gasteiger partial charge in [0.25, 0.3) is 5.91 Å². The summed E-state index contributed by atoms with van der Waals surface area (Å²) in [6.07, 6.45) is 4.25. The number of amides is 1. The topological polar surface area (TPSA) is 88.4 Å². The van der Waals surface area contributed by atoms with E-state index < -0.39 is 10.0 Å². The molecule has 0 aliphatic rings. The Morgan fingerprint density at radius 1 is 1.18 bits per heavy atom. The Kier molecular flexibility index (Phi) is 5.21. The molecule has 0 spiro atoms. The molecule has 2 aromatic rings. The molecule has 1 aromatic heterocycles. The van der Waals surface area contributed by atoms with E-state index in [1.165, 1.54) is 0 Å². The zero-order valence-corrected chi connectivity index (χ0v) is 13.0. The summed E-state index contributed by atoms with van der Waals surface area (Å²) < 4.78 is 29.7. The van der Waals surface area contributed by atoms with Crippen LogP contribution >= 0.6 is 0 Å². The highest BCUT2D eigenvalue weighted by atomic mass is 32.2. The van der Waals surface area contributed by atoms with Gasteiger partial charge in [-0.25, -0.2) is 8.42 Å². The van der Waals surface area contributed by atoms with Crippen molar-refractivity contribution in [3.05, 3.63) is 54.0 Å². The predicted molar refractivity (Wildman–Crippen MR) is 84.3 cm³/mol. The maximum atomic E-state index is 11.9. The second-order valence-electron chi connectivity index (χ2n) is 4.89.